The van der Waals surface area contributed by atoms with Gasteiger partial charge >= 0.3 is 0 Å². The Kier molecular flexibility index (Phi) is 6.49. The summed E-state index contributed by atoms with van der Waals surface area (Å²) in [6.07, 6.45) is 11.4. The topological polar surface area (TPSA) is 112 Å². The Labute approximate surface area is 186 Å². The Morgan fingerprint density at radius 1 is 1.16 bits per heavy atom. The van der Waals surface area contributed by atoms with E-state index in [0.29, 0.717) is 29.5 Å². The molecule has 166 valence electrons. The molecule has 4 rings (SSSR count). The quantitative estimate of drug-likeness (QED) is 0.577. The fourth-order valence-electron chi connectivity index (χ4n) is 4.08. The summed E-state index contributed by atoms with van der Waals surface area (Å²) in [4.78, 5) is 28.9. The smallest absolute Gasteiger partial charge is 0.250 e. The molecular formula is C24H27N5O3. The molecule has 0 atom stereocenters. The van der Waals surface area contributed by atoms with E-state index in [1.165, 1.54) is 19.3 Å². The van der Waals surface area contributed by atoms with Crippen LogP contribution >= 0.6 is 0 Å². The van der Waals surface area contributed by atoms with Crippen LogP contribution in [0.4, 0.5) is 5.69 Å². The van der Waals surface area contributed by atoms with Crippen molar-refractivity contribution < 1.29 is 14.3 Å². The van der Waals surface area contributed by atoms with Crippen molar-refractivity contribution in [2.24, 2.45) is 18.7 Å². The fourth-order valence-corrected chi connectivity index (χ4v) is 4.08. The number of aromatic nitrogens is 3. The van der Waals surface area contributed by atoms with Crippen LogP contribution in [-0.2, 0) is 11.8 Å². The number of rotatable bonds is 7. The van der Waals surface area contributed by atoms with Gasteiger partial charge in [0.2, 0.25) is 5.91 Å². The third-order valence-electron chi connectivity index (χ3n) is 5.70. The minimum absolute atomic E-state index is 0.0942. The third kappa shape index (κ3) is 5.32. The van der Waals surface area contributed by atoms with E-state index >= 15 is 0 Å². The lowest BCUT2D eigenvalue weighted by atomic mass is 9.87. The molecule has 2 heterocycles. The number of nitrogens with zero attached hydrogens (tertiary/aromatic N) is 3. The Hall–Kier alpha value is -3.68. The van der Waals surface area contributed by atoms with Gasteiger partial charge in [-0.15, -0.1) is 0 Å². The number of carbonyl (C=O) groups excluding carboxylic acids is 2. The highest BCUT2D eigenvalue weighted by atomic mass is 16.5. The predicted octanol–water partition coefficient (Wildman–Crippen LogP) is 4.28. The molecule has 32 heavy (non-hydrogen) atoms. The second-order valence-corrected chi connectivity index (χ2v) is 8.21. The van der Waals surface area contributed by atoms with E-state index in [2.05, 4.69) is 15.4 Å². The Balaban J connectivity index is 1.48. The fraction of sp³-hybridized carbons (Fsp3) is 0.333. The molecule has 3 aromatic rings. The second-order valence-electron chi connectivity index (χ2n) is 8.21. The summed E-state index contributed by atoms with van der Waals surface area (Å²) in [5, 5.41) is 7.01. The zero-order chi connectivity index (χ0) is 22.5. The highest BCUT2D eigenvalue weighted by Crippen LogP contribution is 2.30. The van der Waals surface area contributed by atoms with E-state index in [4.69, 9.17) is 10.5 Å². The zero-order valence-electron chi connectivity index (χ0n) is 18.1. The van der Waals surface area contributed by atoms with Crippen molar-refractivity contribution in [3.8, 4) is 22.8 Å². The molecule has 1 aromatic carbocycles. The molecular weight excluding hydrogens is 406 g/mol. The molecule has 1 aliphatic rings. The van der Waals surface area contributed by atoms with Crippen LogP contribution in [0.1, 0.15) is 48.9 Å². The van der Waals surface area contributed by atoms with E-state index in [9.17, 15) is 9.59 Å². The molecule has 0 bridgehead atoms. The molecule has 0 spiro atoms. The number of nitrogens with one attached hydrogen (secondary N) is 1. The van der Waals surface area contributed by atoms with Gasteiger partial charge in [-0.3, -0.25) is 19.3 Å². The van der Waals surface area contributed by atoms with Crippen molar-refractivity contribution in [1.29, 1.82) is 0 Å². The Morgan fingerprint density at radius 3 is 2.66 bits per heavy atom. The molecule has 1 saturated carbocycles. The van der Waals surface area contributed by atoms with E-state index in [-0.39, 0.29) is 11.5 Å². The summed E-state index contributed by atoms with van der Waals surface area (Å²) in [5.74, 6) is 0.678. The van der Waals surface area contributed by atoms with Crippen LogP contribution in [0.25, 0.3) is 11.3 Å². The lowest BCUT2D eigenvalue weighted by molar-refractivity contribution is -0.117. The summed E-state index contributed by atoms with van der Waals surface area (Å²) < 4.78 is 7.63. The van der Waals surface area contributed by atoms with Gasteiger partial charge in [0.25, 0.3) is 5.91 Å². The van der Waals surface area contributed by atoms with Crippen LogP contribution in [0.3, 0.4) is 0 Å². The summed E-state index contributed by atoms with van der Waals surface area (Å²) in [7, 11) is 1.84. The van der Waals surface area contributed by atoms with Gasteiger partial charge in [-0.05, 0) is 43.0 Å². The SMILES string of the molecule is Cn1cc(-c2cc(Oc3ccc(NC(=O)CC4CCCCC4)c(C(N)=O)c3)ccn2)cn1. The van der Waals surface area contributed by atoms with Crippen molar-refractivity contribution in [2.45, 2.75) is 38.5 Å². The number of ether oxygens (including phenoxy) is 1. The van der Waals surface area contributed by atoms with Crippen LogP contribution in [-0.4, -0.2) is 26.6 Å². The van der Waals surface area contributed by atoms with Crippen molar-refractivity contribution in [3.05, 3.63) is 54.5 Å². The maximum absolute atomic E-state index is 12.5. The molecule has 1 aliphatic carbocycles. The average molecular weight is 434 g/mol. The van der Waals surface area contributed by atoms with E-state index in [1.54, 1.807) is 47.4 Å². The molecule has 2 aromatic heterocycles. The molecule has 0 saturated heterocycles. The Bertz CT molecular complexity index is 1120. The van der Waals surface area contributed by atoms with Crippen LogP contribution in [0, 0.1) is 5.92 Å². The summed E-state index contributed by atoms with van der Waals surface area (Å²) >= 11 is 0. The molecule has 0 aliphatic heterocycles. The molecule has 1 fully saturated rings. The van der Waals surface area contributed by atoms with E-state index in [0.717, 1.165) is 24.1 Å². The monoisotopic (exact) mass is 433 g/mol. The van der Waals surface area contributed by atoms with Gasteiger partial charge < -0.3 is 15.8 Å². The maximum atomic E-state index is 12.5. The third-order valence-corrected chi connectivity index (χ3v) is 5.70. The van der Waals surface area contributed by atoms with Gasteiger partial charge in [0.05, 0.1) is 23.1 Å². The van der Waals surface area contributed by atoms with Gasteiger partial charge in [0.1, 0.15) is 11.5 Å². The van der Waals surface area contributed by atoms with Crippen LogP contribution < -0.4 is 15.8 Å². The van der Waals surface area contributed by atoms with Crippen LogP contribution in [0.15, 0.2) is 48.9 Å². The van der Waals surface area contributed by atoms with E-state index < -0.39 is 5.91 Å². The van der Waals surface area contributed by atoms with E-state index in [1.807, 2.05) is 13.2 Å². The Morgan fingerprint density at radius 2 is 1.94 bits per heavy atom. The van der Waals surface area contributed by atoms with Crippen molar-refractivity contribution in [1.82, 2.24) is 14.8 Å². The molecule has 0 unspecified atom stereocenters. The number of hydrogen-bond donors (Lipinski definition) is 2. The number of pyridine rings is 1. The highest BCUT2D eigenvalue weighted by molar-refractivity contribution is 6.03. The number of carbonyl (C=O) groups is 2. The first-order valence-corrected chi connectivity index (χ1v) is 10.8. The molecule has 3 N–H and O–H groups in total. The molecule has 8 nitrogen and oxygen atoms in total. The largest absolute Gasteiger partial charge is 0.457 e. The number of hydrogen-bond acceptors (Lipinski definition) is 5. The van der Waals surface area contributed by atoms with Gasteiger partial charge in [-0.1, -0.05) is 19.3 Å². The first-order chi connectivity index (χ1) is 15.5. The second kappa shape index (κ2) is 9.64. The van der Waals surface area contributed by atoms with Crippen molar-refractivity contribution in [3.63, 3.8) is 0 Å². The van der Waals surface area contributed by atoms with Gasteiger partial charge in [0.15, 0.2) is 0 Å². The summed E-state index contributed by atoms with van der Waals surface area (Å²) in [5.41, 5.74) is 7.77. The molecule has 2 amide bonds. The number of amides is 2. The number of aryl methyl sites for hydroxylation is 1. The number of primary amides is 1. The van der Waals surface area contributed by atoms with Gasteiger partial charge in [-0.25, -0.2) is 0 Å². The average Bonchev–Trinajstić information content (AvgIpc) is 3.22. The summed E-state index contributed by atoms with van der Waals surface area (Å²) in [6, 6.07) is 8.41. The minimum Gasteiger partial charge on any atom is -0.457 e. The predicted molar refractivity (Wildman–Crippen MR) is 121 cm³/mol. The first kappa shape index (κ1) is 21.5. The highest BCUT2D eigenvalue weighted by Gasteiger charge is 2.19. The molecule has 0 radical (unpaired) electrons. The van der Waals surface area contributed by atoms with Crippen LogP contribution in [0.2, 0.25) is 0 Å². The lowest BCUT2D eigenvalue weighted by Crippen LogP contribution is -2.21. The maximum Gasteiger partial charge on any atom is 0.250 e. The standard InChI is InChI=1S/C24H27N5O3/c1-29-15-17(14-27-29)22-13-19(9-10-26-22)32-18-7-8-21(20(12-18)24(25)31)28-23(30)11-16-5-3-2-4-6-16/h7-10,12-16H,2-6,11H2,1H3,(H2,25,31)(H,28,30). The van der Waals surface area contributed by atoms with Crippen LogP contribution in [0.5, 0.6) is 11.5 Å². The summed E-state index contributed by atoms with van der Waals surface area (Å²) in [6.45, 7) is 0. The number of nitrogens with two attached hydrogens (primary N) is 1. The normalized spacial score (nSPS) is 14.2. The number of anilines is 1. The van der Waals surface area contributed by atoms with Gasteiger partial charge in [-0.2, -0.15) is 5.10 Å². The van der Waals surface area contributed by atoms with Crippen molar-refractivity contribution in [2.75, 3.05) is 5.32 Å². The van der Waals surface area contributed by atoms with Crippen molar-refractivity contribution >= 4 is 17.5 Å². The first-order valence-electron chi connectivity index (χ1n) is 10.8. The minimum atomic E-state index is -0.630. The molecule has 8 heteroatoms. The van der Waals surface area contributed by atoms with Gasteiger partial charge in [0, 0.05) is 37.5 Å². The lowest BCUT2D eigenvalue weighted by Gasteiger charge is -2.21. The number of benzene rings is 1. The zero-order valence-corrected chi connectivity index (χ0v) is 18.1.